The number of H-pyrrole nitrogens is 1. The summed E-state index contributed by atoms with van der Waals surface area (Å²) in [6.45, 7) is 1.29. The molecule has 2 heterocycles. The van der Waals surface area contributed by atoms with E-state index in [1.165, 1.54) is 19.3 Å². The Kier molecular flexibility index (Phi) is 4.04. The zero-order valence-corrected chi connectivity index (χ0v) is 15.0. The summed E-state index contributed by atoms with van der Waals surface area (Å²) in [6, 6.07) is 10.3. The number of hydrogen-bond donors (Lipinski definition) is 1. The van der Waals surface area contributed by atoms with Crippen LogP contribution in [0.1, 0.15) is 59.1 Å². The van der Waals surface area contributed by atoms with E-state index in [0.717, 1.165) is 36.1 Å². The molecule has 2 fully saturated rings. The van der Waals surface area contributed by atoms with Crippen molar-refractivity contribution < 1.29 is 9.53 Å². The molecule has 136 valence electrons. The number of carbonyl (C=O) groups excluding carboxylic acids is 1. The van der Waals surface area contributed by atoms with E-state index in [1.807, 2.05) is 23.1 Å². The first-order valence-electron chi connectivity index (χ1n) is 9.85. The van der Waals surface area contributed by atoms with Crippen LogP contribution in [0.2, 0.25) is 0 Å². The summed E-state index contributed by atoms with van der Waals surface area (Å²) in [6.07, 6.45) is 6.83. The second kappa shape index (κ2) is 6.54. The van der Waals surface area contributed by atoms with Crippen molar-refractivity contribution in [2.45, 2.75) is 50.7 Å². The molecule has 1 aromatic carbocycles. The third kappa shape index (κ3) is 2.94. The van der Waals surface area contributed by atoms with Crippen LogP contribution < -0.4 is 0 Å². The van der Waals surface area contributed by atoms with Gasteiger partial charge in [0.2, 0.25) is 0 Å². The van der Waals surface area contributed by atoms with Crippen LogP contribution in [0.15, 0.2) is 30.3 Å². The van der Waals surface area contributed by atoms with Gasteiger partial charge in [-0.05, 0) is 50.0 Å². The minimum absolute atomic E-state index is 0.0470. The van der Waals surface area contributed by atoms with E-state index < -0.39 is 0 Å². The molecule has 1 N–H and O–H groups in total. The lowest BCUT2D eigenvalue weighted by Crippen LogP contribution is -2.48. The summed E-state index contributed by atoms with van der Waals surface area (Å²) in [5, 5.41) is 7.51. The highest BCUT2D eigenvalue weighted by Crippen LogP contribution is 2.40. The van der Waals surface area contributed by atoms with E-state index in [0.29, 0.717) is 24.7 Å². The topological polar surface area (TPSA) is 58.2 Å². The fraction of sp³-hybridized carbons (Fsp3) is 0.524. The first kappa shape index (κ1) is 16.1. The van der Waals surface area contributed by atoms with Crippen LogP contribution in [0.3, 0.4) is 0 Å². The predicted molar refractivity (Wildman–Crippen MR) is 97.9 cm³/mol. The molecule has 2 aliphatic carbocycles. The van der Waals surface area contributed by atoms with Gasteiger partial charge >= 0.3 is 0 Å². The summed E-state index contributed by atoms with van der Waals surface area (Å²) in [7, 11) is 0. The fourth-order valence-electron chi connectivity index (χ4n) is 4.34. The molecule has 1 aliphatic heterocycles. The number of fused-ring (bicyclic) bond motifs is 1. The number of nitrogens with zero attached hydrogens (tertiary/aromatic N) is 2. The lowest BCUT2D eigenvalue weighted by atomic mass is 9.95. The zero-order valence-electron chi connectivity index (χ0n) is 15.0. The quantitative estimate of drug-likeness (QED) is 0.923. The minimum Gasteiger partial charge on any atom is -0.366 e. The van der Waals surface area contributed by atoms with Gasteiger partial charge in [0.25, 0.3) is 5.91 Å². The van der Waals surface area contributed by atoms with Gasteiger partial charge < -0.3 is 9.64 Å². The van der Waals surface area contributed by atoms with Crippen molar-refractivity contribution in [1.29, 1.82) is 0 Å². The van der Waals surface area contributed by atoms with Gasteiger partial charge in [0.05, 0.1) is 12.6 Å². The Bertz CT molecular complexity index is 797. The molecule has 1 saturated heterocycles. The summed E-state index contributed by atoms with van der Waals surface area (Å²) >= 11 is 0. The van der Waals surface area contributed by atoms with E-state index in [9.17, 15) is 4.79 Å². The standard InChI is InChI=1S/C21H25N3O2/c25-21(20-16-8-4-5-9-17(16)22-23-20)24-12-18(14-6-2-1-3-7-14)26-19(13-24)15-10-11-15/h1-3,6-7,15,18-19H,4-5,8-13H2,(H,22,23)/t18-,19+/m0/s1. The Labute approximate surface area is 153 Å². The number of rotatable bonds is 3. The highest BCUT2D eigenvalue weighted by Gasteiger charge is 2.41. The van der Waals surface area contributed by atoms with Gasteiger partial charge in [-0.3, -0.25) is 9.89 Å². The van der Waals surface area contributed by atoms with Gasteiger partial charge in [0.1, 0.15) is 6.10 Å². The molecule has 3 aliphatic rings. The van der Waals surface area contributed by atoms with Crippen molar-refractivity contribution in [2.24, 2.45) is 5.92 Å². The first-order valence-corrected chi connectivity index (χ1v) is 9.85. The smallest absolute Gasteiger partial charge is 0.274 e. The summed E-state index contributed by atoms with van der Waals surface area (Å²) in [5.74, 6) is 0.671. The van der Waals surface area contributed by atoms with E-state index in [4.69, 9.17) is 4.74 Å². The minimum atomic E-state index is -0.0470. The molecular weight excluding hydrogens is 326 g/mol. The molecule has 0 unspecified atom stereocenters. The van der Waals surface area contributed by atoms with Crippen LogP contribution >= 0.6 is 0 Å². The number of amides is 1. The van der Waals surface area contributed by atoms with Gasteiger partial charge in [-0.2, -0.15) is 5.10 Å². The van der Waals surface area contributed by atoms with Gasteiger partial charge in [-0.15, -0.1) is 0 Å². The van der Waals surface area contributed by atoms with E-state index >= 15 is 0 Å². The Morgan fingerprint density at radius 1 is 1.12 bits per heavy atom. The molecule has 0 radical (unpaired) electrons. The molecule has 1 amide bonds. The first-order chi connectivity index (χ1) is 12.8. The van der Waals surface area contributed by atoms with Gasteiger partial charge in [0, 0.05) is 17.8 Å². The van der Waals surface area contributed by atoms with Crippen molar-refractivity contribution in [3.05, 3.63) is 52.8 Å². The second-order valence-electron chi connectivity index (χ2n) is 7.86. The molecule has 0 spiro atoms. The Morgan fingerprint density at radius 3 is 2.73 bits per heavy atom. The van der Waals surface area contributed by atoms with Crippen molar-refractivity contribution in [3.8, 4) is 0 Å². The predicted octanol–water partition coefficient (Wildman–Crippen LogP) is 3.28. The molecule has 2 aromatic rings. The second-order valence-corrected chi connectivity index (χ2v) is 7.86. The largest absolute Gasteiger partial charge is 0.366 e. The maximum Gasteiger partial charge on any atom is 0.274 e. The average Bonchev–Trinajstić information content (AvgIpc) is 3.47. The molecule has 2 atom stereocenters. The summed E-state index contributed by atoms with van der Waals surface area (Å²) in [4.78, 5) is 15.3. The maximum atomic E-state index is 13.3. The maximum absolute atomic E-state index is 13.3. The number of carbonyl (C=O) groups is 1. The number of aromatic nitrogens is 2. The fourth-order valence-corrected chi connectivity index (χ4v) is 4.34. The van der Waals surface area contributed by atoms with Gasteiger partial charge in [-0.25, -0.2) is 0 Å². The number of morpholine rings is 1. The average molecular weight is 351 g/mol. The monoisotopic (exact) mass is 351 g/mol. The van der Waals surface area contributed by atoms with Crippen molar-refractivity contribution >= 4 is 5.91 Å². The van der Waals surface area contributed by atoms with Crippen LogP contribution in [0.4, 0.5) is 0 Å². The van der Waals surface area contributed by atoms with Crippen LogP contribution in [-0.4, -0.2) is 40.2 Å². The zero-order chi connectivity index (χ0) is 17.5. The summed E-state index contributed by atoms with van der Waals surface area (Å²) in [5.41, 5.74) is 4.10. The lowest BCUT2D eigenvalue weighted by molar-refractivity contribution is -0.0865. The number of benzene rings is 1. The van der Waals surface area contributed by atoms with Crippen LogP contribution in [-0.2, 0) is 17.6 Å². The highest BCUT2D eigenvalue weighted by atomic mass is 16.5. The molecule has 5 rings (SSSR count). The van der Waals surface area contributed by atoms with E-state index in [2.05, 4.69) is 22.3 Å². The third-order valence-electron chi connectivity index (χ3n) is 5.99. The molecule has 0 bridgehead atoms. The number of nitrogens with one attached hydrogen (secondary N) is 1. The molecule has 5 nitrogen and oxygen atoms in total. The SMILES string of the molecule is O=C(c1n[nH]c2c1CCCC2)N1C[C@@H](c2ccccc2)O[C@@H](C2CC2)C1. The van der Waals surface area contributed by atoms with Gasteiger partial charge in [-0.1, -0.05) is 30.3 Å². The highest BCUT2D eigenvalue weighted by molar-refractivity contribution is 5.94. The molecule has 1 aromatic heterocycles. The van der Waals surface area contributed by atoms with Crippen LogP contribution in [0, 0.1) is 5.92 Å². The number of ether oxygens (including phenoxy) is 1. The molecule has 1 saturated carbocycles. The van der Waals surface area contributed by atoms with Gasteiger partial charge in [0.15, 0.2) is 5.69 Å². The van der Waals surface area contributed by atoms with Crippen LogP contribution in [0.5, 0.6) is 0 Å². The lowest BCUT2D eigenvalue weighted by Gasteiger charge is -2.38. The Hall–Kier alpha value is -2.14. The van der Waals surface area contributed by atoms with Crippen molar-refractivity contribution in [1.82, 2.24) is 15.1 Å². The Morgan fingerprint density at radius 2 is 1.92 bits per heavy atom. The van der Waals surface area contributed by atoms with E-state index in [1.54, 1.807) is 0 Å². The van der Waals surface area contributed by atoms with E-state index in [-0.39, 0.29) is 18.1 Å². The normalized spacial score (nSPS) is 25.8. The molecular formula is C21H25N3O2. The third-order valence-corrected chi connectivity index (χ3v) is 5.99. The number of aromatic amines is 1. The number of aryl methyl sites for hydroxylation is 1. The van der Waals surface area contributed by atoms with Crippen LogP contribution in [0.25, 0.3) is 0 Å². The summed E-state index contributed by atoms with van der Waals surface area (Å²) < 4.78 is 6.38. The van der Waals surface area contributed by atoms with Crippen molar-refractivity contribution in [3.63, 3.8) is 0 Å². The molecule has 26 heavy (non-hydrogen) atoms. The Balaban J connectivity index is 1.41. The molecule has 5 heteroatoms. The van der Waals surface area contributed by atoms with Crippen molar-refractivity contribution in [2.75, 3.05) is 13.1 Å². The number of hydrogen-bond acceptors (Lipinski definition) is 3.